The van der Waals surface area contributed by atoms with E-state index in [1.165, 1.54) is 0 Å². The second-order valence-corrected chi connectivity index (χ2v) is 6.77. The highest BCUT2D eigenvalue weighted by Crippen LogP contribution is 2.17. The highest BCUT2D eigenvalue weighted by molar-refractivity contribution is 7.89. The van der Waals surface area contributed by atoms with Crippen LogP contribution in [0.4, 0.5) is 0 Å². The van der Waals surface area contributed by atoms with Gasteiger partial charge >= 0.3 is 0 Å². The van der Waals surface area contributed by atoms with E-state index in [0.717, 1.165) is 18.5 Å². The molecule has 0 saturated carbocycles. The zero-order valence-corrected chi connectivity index (χ0v) is 11.6. The molecule has 0 radical (unpaired) electrons. The third kappa shape index (κ3) is 3.10. The Morgan fingerprint density at radius 1 is 1.28 bits per heavy atom. The minimum Gasteiger partial charge on any atom is -0.315 e. The Balaban J connectivity index is 2.15. The Hall–Kier alpha value is -0.910. The average molecular weight is 268 g/mol. The zero-order valence-electron chi connectivity index (χ0n) is 10.8. The van der Waals surface area contributed by atoms with Gasteiger partial charge in [0.2, 0.25) is 10.0 Å². The quantitative estimate of drug-likeness (QED) is 0.868. The molecule has 1 fully saturated rings. The van der Waals surface area contributed by atoms with Crippen LogP contribution in [0.15, 0.2) is 29.2 Å². The molecule has 1 aromatic rings. The highest BCUT2D eigenvalue weighted by Gasteiger charge is 2.25. The molecule has 1 aliphatic heterocycles. The summed E-state index contributed by atoms with van der Waals surface area (Å²) in [6, 6.07) is 7.05. The SMILES string of the molecule is Cc1ccccc1S(=O)(=O)NC1CNCC(C)C1. The predicted molar refractivity (Wildman–Crippen MR) is 71.9 cm³/mol. The number of sulfonamides is 1. The highest BCUT2D eigenvalue weighted by atomic mass is 32.2. The molecule has 2 rings (SSSR count). The molecular formula is C13H20N2O2S. The minimum absolute atomic E-state index is 0.0154. The number of hydrogen-bond donors (Lipinski definition) is 2. The van der Waals surface area contributed by atoms with E-state index in [4.69, 9.17) is 0 Å². The molecular weight excluding hydrogens is 248 g/mol. The summed E-state index contributed by atoms with van der Waals surface area (Å²) in [5.41, 5.74) is 0.779. The lowest BCUT2D eigenvalue weighted by Crippen LogP contribution is -2.48. The summed E-state index contributed by atoms with van der Waals surface area (Å²) < 4.78 is 27.4. The molecule has 5 heteroatoms. The van der Waals surface area contributed by atoms with Crippen LogP contribution in [0.5, 0.6) is 0 Å². The van der Waals surface area contributed by atoms with Crippen LogP contribution in [0.25, 0.3) is 0 Å². The van der Waals surface area contributed by atoms with Gasteiger partial charge in [-0.3, -0.25) is 0 Å². The third-order valence-corrected chi connectivity index (χ3v) is 4.96. The van der Waals surface area contributed by atoms with Crippen molar-refractivity contribution in [3.63, 3.8) is 0 Å². The van der Waals surface area contributed by atoms with Crippen molar-refractivity contribution in [2.75, 3.05) is 13.1 Å². The lowest BCUT2D eigenvalue weighted by molar-refractivity contribution is 0.346. The summed E-state index contributed by atoms with van der Waals surface area (Å²) in [5, 5.41) is 3.25. The molecule has 0 bridgehead atoms. The monoisotopic (exact) mass is 268 g/mol. The van der Waals surface area contributed by atoms with Crippen LogP contribution in [0.3, 0.4) is 0 Å². The molecule has 1 aromatic carbocycles. The van der Waals surface area contributed by atoms with Crippen molar-refractivity contribution in [2.45, 2.75) is 31.2 Å². The Bertz CT molecular complexity index is 513. The minimum atomic E-state index is -3.40. The van der Waals surface area contributed by atoms with E-state index in [-0.39, 0.29) is 6.04 Å². The molecule has 18 heavy (non-hydrogen) atoms. The maximum Gasteiger partial charge on any atom is 0.241 e. The molecule has 1 heterocycles. The first-order valence-corrected chi connectivity index (χ1v) is 7.76. The molecule has 2 N–H and O–H groups in total. The van der Waals surface area contributed by atoms with Crippen molar-refractivity contribution in [1.82, 2.24) is 10.0 Å². The van der Waals surface area contributed by atoms with E-state index in [2.05, 4.69) is 17.0 Å². The van der Waals surface area contributed by atoms with Crippen molar-refractivity contribution in [2.24, 2.45) is 5.92 Å². The number of benzene rings is 1. The van der Waals surface area contributed by atoms with Crippen LogP contribution in [0.1, 0.15) is 18.9 Å². The number of nitrogens with one attached hydrogen (secondary N) is 2. The van der Waals surface area contributed by atoms with Crippen LogP contribution in [0.2, 0.25) is 0 Å². The van der Waals surface area contributed by atoms with Crippen LogP contribution in [-0.4, -0.2) is 27.5 Å². The zero-order chi connectivity index (χ0) is 13.2. The molecule has 4 nitrogen and oxygen atoms in total. The van der Waals surface area contributed by atoms with Gasteiger partial charge in [-0.15, -0.1) is 0 Å². The largest absolute Gasteiger partial charge is 0.315 e. The van der Waals surface area contributed by atoms with Gasteiger partial charge in [0.05, 0.1) is 4.90 Å². The van der Waals surface area contributed by atoms with Gasteiger partial charge in [-0.1, -0.05) is 25.1 Å². The predicted octanol–water partition coefficient (Wildman–Crippen LogP) is 1.27. The van der Waals surface area contributed by atoms with E-state index in [9.17, 15) is 8.42 Å². The van der Waals surface area contributed by atoms with Gasteiger partial charge in [-0.05, 0) is 37.4 Å². The molecule has 2 atom stereocenters. The van der Waals surface area contributed by atoms with Gasteiger partial charge in [-0.25, -0.2) is 13.1 Å². The standard InChI is InChI=1S/C13H20N2O2S/c1-10-7-12(9-14-8-10)15-18(16,17)13-6-4-3-5-11(13)2/h3-6,10,12,14-15H,7-9H2,1-2H3. The van der Waals surface area contributed by atoms with Crippen LogP contribution < -0.4 is 10.0 Å². The molecule has 0 amide bonds. The Kier molecular flexibility index (Phi) is 4.04. The first kappa shape index (κ1) is 13.5. The van der Waals surface area contributed by atoms with E-state index >= 15 is 0 Å². The van der Waals surface area contributed by atoms with Crippen LogP contribution >= 0.6 is 0 Å². The third-order valence-electron chi connectivity index (χ3n) is 3.28. The fourth-order valence-corrected chi connectivity index (χ4v) is 3.88. The fourth-order valence-electron chi connectivity index (χ4n) is 2.39. The normalized spacial score (nSPS) is 25.0. The first-order chi connectivity index (χ1) is 8.49. The van der Waals surface area contributed by atoms with E-state index in [1.54, 1.807) is 12.1 Å². The second-order valence-electron chi connectivity index (χ2n) is 5.08. The lowest BCUT2D eigenvalue weighted by Gasteiger charge is -2.28. The van der Waals surface area contributed by atoms with Crippen molar-refractivity contribution in [3.8, 4) is 0 Å². The summed E-state index contributed by atoms with van der Waals surface area (Å²) in [4.78, 5) is 0.378. The summed E-state index contributed by atoms with van der Waals surface area (Å²) in [7, 11) is -3.40. The second kappa shape index (κ2) is 5.38. The number of piperidine rings is 1. The summed E-state index contributed by atoms with van der Waals surface area (Å²) in [6.45, 7) is 5.61. The Morgan fingerprint density at radius 2 is 2.00 bits per heavy atom. The summed E-state index contributed by atoms with van der Waals surface area (Å²) >= 11 is 0. The fraction of sp³-hybridized carbons (Fsp3) is 0.538. The van der Waals surface area contributed by atoms with Gasteiger partial charge in [0.15, 0.2) is 0 Å². The lowest BCUT2D eigenvalue weighted by atomic mass is 9.99. The van der Waals surface area contributed by atoms with E-state index in [1.807, 2.05) is 19.1 Å². The molecule has 2 unspecified atom stereocenters. The molecule has 0 aromatic heterocycles. The topological polar surface area (TPSA) is 58.2 Å². The van der Waals surface area contributed by atoms with Crippen LogP contribution in [-0.2, 0) is 10.0 Å². The van der Waals surface area contributed by atoms with Crippen molar-refractivity contribution in [3.05, 3.63) is 29.8 Å². The number of hydrogen-bond acceptors (Lipinski definition) is 3. The van der Waals surface area contributed by atoms with Crippen molar-refractivity contribution >= 4 is 10.0 Å². The average Bonchev–Trinajstić information content (AvgIpc) is 2.28. The van der Waals surface area contributed by atoms with Gasteiger partial charge in [0.25, 0.3) is 0 Å². The molecule has 1 aliphatic rings. The maximum atomic E-state index is 12.3. The summed E-state index contributed by atoms with van der Waals surface area (Å²) in [5.74, 6) is 0.503. The van der Waals surface area contributed by atoms with Gasteiger partial charge in [0.1, 0.15) is 0 Å². The van der Waals surface area contributed by atoms with Gasteiger partial charge in [-0.2, -0.15) is 0 Å². The summed E-state index contributed by atoms with van der Waals surface area (Å²) in [6.07, 6.45) is 0.887. The van der Waals surface area contributed by atoms with Crippen molar-refractivity contribution < 1.29 is 8.42 Å². The first-order valence-electron chi connectivity index (χ1n) is 6.28. The molecule has 0 aliphatic carbocycles. The molecule has 1 saturated heterocycles. The Morgan fingerprint density at radius 3 is 2.67 bits per heavy atom. The van der Waals surface area contributed by atoms with Crippen molar-refractivity contribution in [1.29, 1.82) is 0 Å². The van der Waals surface area contributed by atoms with Gasteiger partial charge < -0.3 is 5.32 Å². The number of aryl methyl sites for hydroxylation is 1. The smallest absolute Gasteiger partial charge is 0.241 e. The van der Waals surface area contributed by atoms with E-state index < -0.39 is 10.0 Å². The number of rotatable bonds is 3. The Labute approximate surface area is 109 Å². The van der Waals surface area contributed by atoms with Gasteiger partial charge in [0, 0.05) is 12.6 Å². The molecule has 100 valence electrons. The van der Waals surface area contributed by atoms with E-state index in [0.29, 0.717) is 17.4 Å². The maximum absolute atomic E-state index is 12.3. The van der Waals surface area contributed by atoms with Crippen LogP contribution in [0, 0.1) is 12.8 Å². The molecule has 0 spiro atoms.